The Morgan fingerprint density at radius 3 is 0.250 bits per heavy atom. The van der Waals surface area contributed by atoms with Crippen molar-refractivity contribution < 1.29 is 203 Å². The van der Waals surface area contributed by atoms with E-state index in [2.05, 4.69) is 0 Å². The van der Waals surface area contributed by atoms with Crippen molar-refractivity contribution in [2.75, 3.05) is 0 Å². The Kier molecular flexibility index (Phi) is 374. The molecule has 0 rings (SSSR count). The van der Waals surface area contributed by atoms with Crippen LogP contribution in [0.3, 0.4) is 0 Å². The Hall–Kier alpha value is 6.78. The van der Waals surface area contributed by atoms with Crippen molar-refractivity contribution in [2.24, 2.45) is 0 Å². The summed E-state index contributed by atoms with van der Waals surface area (Å²) in [5, 5.41) is 0. The zero-order chi connectivity index (χ0) is 0. The molecule has 0 bridgehead atoms. The van der Waals surface area contributed by atoms with E-state index in [0.29, 0.717) is 0 Å². The predicted octanol–water partition coefficient (Wildman–Crippen LogP) is -0.0200. The van der Waals surface area contributed by atoms with Crippen molar-refractivity contribution in [1.82, 2.24) is 0 Å². The third-order valence-corrected chi connectivity index (χ3v) is 0. The summed E-state index contributed by atoms with van der Waals surface area (Å²) >= 11 is 0. The standard InChI is InChI=1S/6Cd.2Zn. The van der Waals surface area contributed by atoms with E-state index in [1.165, 1.54) is 0 Å². The molecule has 16 valence electrons. The zero-order valence-electron chi connectivity index (χ0n) is 5.66. The second-order valence-electron chi connectivity index (χ2n) is 0. The van der Waals surface area contributed by atoms with Crippen LogP contribution in [0.4, 0.5) is 0 Å². The van der Waals surface area contributed by atoms with Crippen molar-refractivity contribution in [2.45, 2.75) is 0 Å². The van der Waals surface area contributed by atoms with E-state index in [1.807, 2.05) is 0 Å². The third-order valence-electron chi connectivity index (χ3n) is 0. The quantitative estimate of drug-likeness (QED) is 0.303. The van der Waals surface area contributed by atoms with Gasteiger partial charge in [-0.05, 0) is 0 Å². The molecule has 0 aliphatic carbocycles. The molecule has 0 N–H and O–H groups in total. The monoisotopic (exact) mass is 811 g/mol. The van der Waals surface area contributed by atoms with Crippen LogP contribution in [0.2, 0.25) is 0 Å². The fourth-order valence-corrected chi connectivity index (χ4v) is 0. The molecule has 0 heterocycles. The minimum atomic E-state index is 0. The second kappa shape index (κ2) is 49.0. The van der Waals surface area contributed by atoms with Gasteiger partial charge in [-0.2, -0.15) is 0 Å². The molecule has 0 unspecified atom stereocenters. The fourth-order valence-electron chi connectivity index (χ4n) is 0. The Balaban J connectivity index is 0. The first-order chi connectivity index (χ1) is 0. The van der Waals surface area contributed by atoms with Gasteiger partial charge in [-0.25, -0.2) is 0 Å². The summed E-state index contributed by atoms with van der Waals surface area (Å²) < 4.78 is 0. The van der Waals surface area contributed by atoms with Gasteiger partial charge in [0.15, 0.2) is 0 Å². The smallest absolute Gasteiger partial charge is 0 e. The maximum absolute atomic E-state index is 0. The molecular formula is Cd6Zn2. The van der Waals surface area contributed by atoms with Gasteiger partial charge >= 0.3 is 0 Å². The molecule has 0 radical (unpaired) electrons. The summed E-state index contributed by atoms with van der Waals surface area (Å²) in [4.78, 5) is 0. The van der Waals surface area contributed by atoms with E-state index >= 15 is 0 Å². The van der Waals surface area contributed by atoms with E-state index in [0.717, 1.165) is 0 Å². The molecule has 0 spiro atoms. The Morgan fingerprint density at radius 2 is 0.250 bits per heavy atom. The van der Waals surface area contributed by atoms with Crippen molar-refractivity contribution in [3.63, 3.8) is 0 Å². The summed E-state index contributed by atoms with van der Waals surface area (Å²) in [6.45, 7) is 0. The minimum Gasteiger partial charge on any atom is 0 e. The molecule has 0 aliphatic rings. The molecule has 0 aromatic carbocycles. The molecule has 0 nitrogen and oxygen atoms in total. The minimum absolute atomic E-state index is 0. The van der Waals surface area contributed by atoms with Crippen LogP contribution in [0, 0.1) is 0 Å². The summed E-state index contributed by atoms with van der Waals surface area (Å²) in [5.41, 5.74) is 0. The average molecular weight is 805 g/mol. The normalized spacial score (nSPS) is 0. The molecular weight excluding hydrogens is 805 g/mol. The molecule has 0 atom stereocenters. The molecule has 0 aromatic rings. The van der Waals surface area contributed by atoms with Crippen LogP contribution < -0.4 is 0 Å². The van der Waals surface area contributed by atoms with Crippen LogP contribution in [0.5, 0.6) is 0 Å². The maximum Gasteiger partial charge on any atom is 0 e. The van der Waals surface area contributed by atoms with Crippen LogP contribution in [0.15, 0.2) is 0 Å². The Labute approximate surface area is 197 Å². The van der Waals surface area contributed by atoms with E-state index in [-0.39, 0.29) is 203 Å². The molecule has 0 aliphatic heterocycles. The van der Waals surface area contributed by atoms with Gasteiger partial charge < -0.3 is 0 Å². The van der Waals surface area contributed by atoms with Gasteiger partial charge in [-0.3, -0.25) is 0 Å². The van der Waals surface area contributed by atoms with Crippen LogP contribution in [-0.2, 0) is 203 Å². The van der Waals surface area contributed by atoms with Gasteiger partial charge in [-0.15, -0.1) is 0 Å². The number of hydrogen-bond acceptors (Lipinski definition) is 0. The topological polar surface area (TPSA) is 0 Å². The van der Waals surface area contributed by atoms with E-state index in [9.17, 15) is 0 Å². The largest absolute Gasteiger partial charge is 0 e. The van der Waals surface area contributed by atoms with Gasteiger partial charge in [0.05, 0.1) is 0 Å². The molecule has 0 saturated heterocycles. The molecule has 8 heteroatoms. The van der Waals surface area contributed by atoms with Crippen molar-refractivity contribution in [3.05, 3.63) is 0 Å². The van der Waals surface area contributed by atoms with Gasteiger partial charge in [0, 0.05) is 203 Å². The number of hydrogen-bond donors (Lipinski definition) is 0. The fraction of sp³-hybridized carbons (Fsp3) is 0. The average Bonchev–Trinajstić information content (AvgIpc) is 0. The predicted molar refractivity (Wildman–Crippen MR) is 0 cm³/mol. The van der Waals surface area contributed by atoms with Crippen LogP contribution in [-0.4, -0.2) is 0 Å². The molecule has 0 amide bonds. The van der Waals surface area contributed by atoms with Crippen molar-refractivity contribution >= 4 is 0 Å². The molecule has 0 aromatic heterocycles. The summed E-state index contributed by atoms with van der Waals surface area (Å²) in [5.74, 6) is 0. The van der Waals surface area contributed by atoms with Crippen LogP contribution in [0.25, 0.3) is 0 Å². The Morgan fingerprint density at radius 1 is 0.250 bits per heavy atom. The third kappa shape index (κ3) is 38.6. The first-order valence-corrected chi connectivity index (χ1v) is 0. The van der Waals surface area contributed by atoms with E-state index in [4.69, 9.17) is 0 Å². The van der Waals surface area contributed by atoms with E-state index in [1.54, 1.807) is 0 Å². The zero-order valence-corrected chi connectivity index (χ0v) is 35.8. The molecule has 8 heavy (non-hydrogen) atoms. The van der Waals surface area contributed by atoms with Gasteiger partial charge in [-0.1, -0.05) is 0 Å². The SMILES string of the molecule is [Cd].[Cd].[Cd].[Cd].[Cd].[Cd].[Zn].[Zn]. The molecule has 0 saturated carbocycles. The van der Waals surface area contributed by atoms with Crippen LogP contribution in [0.1, 0.15) is 0 Å². The number of rotatable bonds is 0. The van der Waals surface area contributed by atoms with Crippen LogP contribution >= 0.6 is 0 Å². The summed E-state index contributed by atoms with van der Waals surface area (Å²) in [7, 11) is 0. The Bertz CT molecular complexity index is 6.49. The first-order valence-electron chi connectivity index (χ1n) is 0. The maximum atomic E-state index is 0. The van der Waals surface area contributed by atoms with Crippen molar-refractivity contribution in [3.8, 4) is 0 Å². The van der Waals surface area contributed by atoms with Gasteiger partial charge in [0.25, 0.3) is 0 Å². The molecule has 0 fully saturated rings. The second-order valence-corrected chi connectivity index (χ2v) is 0. The van der Waals surface area contributed by atoms with Crippen molar-refractivity contribution in [1.29, 1.82) is 0 Å². The summed E-state index contributed by atoms with van der Waals surface area (Å²) in [6.07, 6.45) is 0. The van der Waals surface area contributed by atoms with Gasteiger partial charge in [0.2, 0.25) is 0 Å². The van der Waals surface area contributed by atoms with E-state index < -0.39 is 0 Å². The summed E-state index contributed by atoms with van der Waals surface area (Å²) in [6, 6.07) is 0. The van der Waals surface area contributed by atoms with Gasteiger partial charge in [0.1, 0.15) is 0 Å². The first kappa shape index (κ1) is 61.1.